The fourth-order valence-electron chi connectivity index (χ4n) is 2.37. The van der Waals surface area contributed by atoms with E-state index in [4.69, 9.17) is 0 Å². The number of rotatable bonds is 7. The molecule has 102 valence electrons. The summed E-state index contributed by atoms with van der Waals surface area (Å²) in [4.78, 5) is 0. The third-order valence-corrected chi connectivity index (χ3v) is 4.35. The van der Waals surface area contributed by atoms with Crippen molar-refractivity contribution in [2.24, 2.45) is 11.8 Å². The van der Waals surface area contributed by atoms with Gasteiger partial charge in [-0.15, -0.1) is 0 Å². The molecular weight excluding hydrogens is 236 g/mol. The lowest BCUT2D eigenvalue weighted by Crippen LogP contribution is -2.41. The van der Waals surface area contributed by atoms with E-state index in [2.05, 4.69) is 23.9 Å². The van der Waals surface area contributed by atoms with Crippen LogP contribution in [0.15, 0.2) is 0 Å². The lowest BCUT2D eigenvalue weighted by molar-refractivity contribution is 0.396. The molecule has 0 aromatic rings. The molecule has 2 N–H and O–H groups in total. The number of nitrogens with one attached hydrogen (secondary N) is 2. The Kier molecular flexibility index (Phi) is 5.89. The Labute approximate surface area is 106 Å². The van der Waals surface area contributed by atoms with Crippen molar-refractivity contribution in [3.63, 3.8) is 0 Å². The van der Waals surface area contributed by atoms with Crippen molar-refractivity contribution < 1.29 is 8.42 Å². The van der Waals surface area contributed by atoms with E-state index >= 15 is 0 Å². The first-order valence-electron chi connectivity index (χ1n) is 6.60. The van der Waals surface area contributed by atoms with Crippen molar-refractivity contribution in [3.8, 4) is 0 Å². The molecule has 0 saturated heterocycles. The molecule has 1 aliphatic rings. The summed E-state index contributed by atoms with van der Waals surface area (Å²) >= 11 is 0. The van der Waals surface area contributed by atoms with Crippen LogP contribution in [0.3, 0.4) is 0 Å². The van der Waals surface area contributed by atoms with Crippen LogP contribution in [0.1, 0.15) is 39.5 Å². The molecule has 1 aliphatic carbocycles. The largest absolute Gasteiger partial charge is 0.316 e. The first-order chi connectivity index (χ1) is 7.92. The van der Waals surface area contributed by atoms with Gasteiger partial charge in [-0.3, -0.25) is 0 Å². The zero-order valence-electron chi connectivity index (χ0n) is 11.2. The summed E-state index contributed by atoms with van der Waals surface area (Å²) in [6.07, 6.45) is 5.66. The number of hydrogen-bond donors (Lipinski definition) is 2. The van der Waals surface area contributed by atoms with Crippen molar-refractivity contribution >= 4 is 10.0 Å². The van der Waals surface area contributed by atoms with E-state index in [0.717, 1.165) is 32.4 Å². The highest BCUT2D eigenvalue weighted by atomic mass is 32.2. The van der Waals surface area contributed by atoms with Gasteiger partial charge in [0.1, 0.15) is 0 Å². The van der Waals surface area contributed by atoms with Gasteiger partial charge in [-0.25, -0.2) is 13.1 Å². The van der Waals surface area contributed by atoms with Crippen LogP contribution in [-0.2, 0) is 10.0 Å². The molecule has 1 rings (SSSR count). The molecule has 0 aliphatic heterocycles. The average Bonchev–Trinajstić information content (AvgIpc) is 2.63. The summed E-state index contributed by atoms with van der Waals surface area (Å²) in [5, 5.41) is 3.46. The molecule has 3 atom stereocenters. The van der Waals surface area contributed by atoms with Crippen LogP contribution in [0.25, 0.3) is 0 Å². The maximum atomic E-state index is 11.2. The maximum Gasteiger partial charge on any atom is 0.208 e. The predicted molar refractivity (Wildman–Crippen MR) is 71.4 cm³/mol. The molecule has 0 aromatic carbocycles. The summed E-state index contributed by atoms with van der Waals surface area (Å²) in [6, 6.07) is 0.134. The zero-order valence-corrected chi connectivity index (χ0v) is 12.0. The fraction of sp³-hybridized carbons (Fsp3) is 1.00. The van der Waals surface area contributed by atoms with E-state index in [0.29, 0.717) is 11.8 Å². The van der Waals surface area contributed by atoms with Crippen LogP contribution in [0.4, 0.5) is 0 Å². The van der Waals surface area contributed by atoms with E-state index < -0.39 is 10.0 Å². The zero-order chi connectivity index (χ0) is 12.9. The van der Waals surface area contributed by atoms with E-state index in [-0.39, 0.29) is 6.04 Å². The van der Waals surface area contributed by atoms with Crippen LogP contribution in [0.2, 0.25) is 0 Å². The first kappa shape index (κ1) is 14.9. The number of hydrogen-bond acceptors (Lipinski definition) is 3. The van der Waals surface area contributed by atoms with Gasteiger partial charge in [-0.1, -0.05) is 26.7 Å². The molecule has 1 fully saturated rings. The lowest BCUT2D eigenvalue weighted by atomic mass is 10.0. The molecule has 0 amide bonds. The second-order valence-corrected chi connectivity index (χ2v) is 7.14. The van der Waals surface area contributed by atoms with Crippen molar-refractivity contribution in [3.05, 3.63) is 0 Å². The Morgan fingerprint density at radius 3 is 2.65 bits per heavy atom. The van der Waals surface area contributed by atoms with Crippen molar-refractivity contribution in [2.75, 3.05) is 19.3 Å². The van der Waals surface area contributed by atoms with Crippen LogP contribution < -0.4 is 10.0 Å². The summed E-state index contributed by atoms with van der Waals surface area (Å²) < 4.78 is 25.2. The molecule has 4 nitrogen and oxygen atoms in total. The van der Waals surface area contributed by atoms with E-state index in [1.165, 1.54) is 12.7 Å². The minimum Gasteiger partial charge on any atom is -0.316 e. The van der Waals surface area contributed by atoms with Gasteiger partial charge in [-0.05, 0) is 37.8 Å². The highest BCUT2D eigenvalue weighted by Gasteiger charge is 2.28. The maximum absolute atomic E-state index is 11.2. The first-order valence-corrected chi connectivity index (χ1v) is 8.49. The van der Waals surface area contributed by atoms with Gasteiger partial charge in [0.25, 0.3) is 0 Å². The number of sulfonamides is 1. The molecule has 17 heavy (non-hydrogen) atoms. The standard InChI is InChI=1S/C12H26N2O2S/c1-4-10(2)8-13-9-11-6-5-7-12(11)14-17(3,15)16/h10-14H,4-9H2,1-3H3. The second-order valence-electron chi connectivity index (χ2n) is 5.36. The van der Waals surface area contributed by atoms with Crippen molar-refractivity contribution in [1.82, 2.24) is 10.0 Å². The SMILES string of the molecule is CCC(C)CNCC1CCCC1NS(C)(=O)=O. The molecule has 0 spiro atoms. The van der Waals surface area contributed by atoms with Gasteiger partial charge in [0.05, 0.1) is 6.26 Å². The molecule has 5 heteroatoms. The molecule has 1 saturated carbocycles. The van der Waals surface area contributed by atoms with Crippen LogP contribution in [-0.4, -0.2) is 33.8 Å². The third-order valence-electron chi connectivity index (χ3n) is 3.62. The fourth-order valence-corrected chi connectivity index (χ4v) is 3.23. The van der Waals surface area contributed by atoms with Gasteiger partial charge in [0.2, 0.25) is 10.0 Å². The average molecular weight is 262 g/mol. The van der Waals surface area contributed by atoms with Gasteiger partial charge < -0.3 is 5.32 Å². The van der Waals surface area contributed by atoms with E-state index in [1.54, 1.807) is 0 Å². The van der Waals surface area contributed by atoms with Crippen molar-refractivity contribution in [1.29, 1.82) is 0 Å². The Morgan fingerprint density at radius 1 is 1.35 bits per heavy atom. The summed E-state index contributed by atoms with van der Waals surface area (Å²) in [5.74, 6) is 1.14. The van der Waals surface area contributed by atoms with E-state index in [9.17, 15) is 8.42 Å². The highest BCUT2D eigenvalue weighted by molar-refractivity contribution is 7.88. The topological polar surface area (TPSA) is 58.2 Å². The second kappa shape index (κ2) is 6.71. The Morgan fingerprint density at radius 2 is 2.06 bits per heavy atom. The van der Waals surface area contributed by atoms with Crippen LogP contribution >= 0.6 is 0 Å². The van der Waals surface area contributed by atoms with Gasteiger partial charge in [0.15, 0.2) is 0 Å². The van der Waals surface area contributed by atoms with Crippen LogP contribution in [0.5, 0.6) is 0 Å². The Balaban J connectivity index is 2.32. The quantitative estimate of drug-likeness (QED) is 0.728. The lowest BCUT2D eigenvalue weighted by Gasteiger charge is -2.21. The minimum atomic E-state index is -3.06. The molecule has 0 aromatic heterocycles. The summed E-state index contributed by atoms with van der Waals surface area (Å²) in [5.41, 5.74) is 0. The molecular formula is C12H26N2O2S. The monoisotopic (exact) mass is 262 g/mol. The predicted octanol–water partition coefficient (Wildman–Crippen LogP) is 1.34. The van der Waals surface area contributed by atoms with E-state index in [1.807, 2.05) is 0 Å². The van der Waals surface area contributed by atoms with Crippen LogP contribution in [0, 0.1) is 11.8 Å². The molecule has 0 bridgehead atoms. The molecule has 0 radical (unpaired) electrons. The Hall–Kier alpha value is -0.130. The van der Waals surface area contributed by atoms with Crippen molar-refractivity contribution in [2.45, 2.75) is 45.6 Å². The van der Waals surface area contributed by atoms with Gasteiger partial charge >= 0.3 is 0 Å². The summed E-state index contributed by atoms with van der Waals surface area (Å²) in [6.45, 7) is 6.37. The summed E-state index contributed by atoms with van der Waals surface area (Å²) in [7, 11) is -3.06. The highest BCUT2D eigenvalue weighted by Crippen LogP contribution is 2.25. The minimum absolute atomic E-state index is 0.134. The smallest absolute Gasteiger partial charge is 0.208 e. The molecule has 0 heterocycles. The molecule has 3 unspecified atom stereocenters. The van der Waals surface area contributed by atoms with Gasteiger partial charge in [-0.2, -0.15) is 0 Å². The Bertz CT molecular complexity index is 316. The normalized spacial score (nSPS) is 27.2. The third kappa shape index (κ3) is 5.84. The van der Waals surface area contributed by atoms with Gasteiger partial charge in [0, 0.05) is 6.04 Å².